The Hall–Kier alpha value is -2.72. The lowest BCUT2D eigenvalue weighted by Gasteiger charge is -2.42. The number of halogens is 1. The van der Waals surface area contributed by atoms with Crippen molar-refractivity contribution in [1.29, 1.82) is 0 Å². The van der Waals surface area contributed by atoms with Crippen LogP contribution >= 0.6 is 10.3 Å². The normalized spacial score (nSPS) is 16.3. The number of carbonyl (C=O) groups excluding carboxylic acids is 2. The predicted molar refractivity (Wildman–Crippen MR) is 103 cm³/mol. The molecule has 160 valence electrons. The van der Waals surface area contributed by atoms with E-state index in [0.29, 0.717) is 0 Å². The number of hydrogen-bond donors (Lipinski definition) is 0. The molecule has 31 heavy (non-hydrogen) atoms. The molecular weight excluding hydrogens is 444 g/mol. The summed E-state index contributed by atoms with van der Waals surface area (Å²) in [4.78, 5) is 26.9. The average molecular weight is 461 g/mol. The van der Waals surface area contributed by atoms with Gasteiger partial charge in [-0.3, -0.25) is 9.59 Å². The molecule has 0 N–H and O–H groups in total. The molecule has 3 aromatic rings. The van der Waals surface area contributed by atoms with Crippen molar-refractivity contribution in [3.05, 3.63) is 84.4 Å². The second-order valence-corrected chi connectivity index (χ2v) is 10.6. The number of Topliss-reactive ketones (excluding diaryl/α,β-unsaturated/α-hetero) is 2. The number of carbonyl (C=O) groups is 2. The molecule has 0 saturated carbocycles. The van der Waals surface area contributed by atoms with E-state index in [2.05, 4.69) is 0 Å². The number of ketones is 2. The predicted octanol–water partition coefficient (Wildman–Crippen LogP) is 1.68. The van der Waals surface area contributed by atoms with Gasteiger partial charge in [-0.1, -0.05) is 54.6 Å². The Morgan fingerprint density at radius 3 is 1.81 bits per heavy atom. The summed E-state index contributed by atoms with van der Waals surface area (Å²) < 4.78 is 47.0. The van der Waals surface area contributed by atoms with Gasteiger partial charge >= 0.3 is 0 Å². The monoisotopic (exact) mass is 460 g/mol. The van der Waals surface area contributed by atoms with Crippen LogP contribution in [0.25, 0.3) is 0 Å². The van der Waals surface area contributed by atoms with Gasteiger partial charge in [-0.05, 0) is 31.2 Å². The van der Waals surface area contributed by atoms with E-state index in [-0.39, 0.29) is 26.9 Å². The summed E-state index contributed by atoms with van der Waals surface area (Å²) in [5, 5.41) is -1.59. The van der Waals surface area contributed by atoms with Gasteiger partial charge in [0, 0.05) is 5.56 Å². The number of benzene rings is 3. The molecule has 3 aromatic carbocycles. The molecule has 0 saturated heterocycles. The third-order valence-electron chi connectivity index (χ3n) is 4.75. The highest BCUT2D eigenvalue weighted by Gasteiger charge is 2.59. The summed E-state index contributed by atoms with van der Waals surface area (Å²) in [5.41, 5.74) is 0.194. The van der Waals surface area contributed by atoms with Gasteiger partial charge in [0.05, 0.1) is 30.3 Å². The van der Waals surface area contributed by atoms with Crippen LogP contribution in [0.4, 0.5) is 0 Å². The van der Waals surface area contributed by atoms with Crippen molar-refractivity contribution < 1.29 is 42.3 Å². The summed E-state index contributed by atoms with van der Waals surface area (Å²) in [6.45, 7) is 1.18. The molecule has 0 amide bonds. The Labute approximate surface area is 182 Å². The molecule has 0 aromatic heterocycles. The zero-order chi connectivity index (χ0) is 22.2. The van der Waals surface area contributed by atoms with Crippen LogP contribution in [0, 0.1) is 10.2 Å². The summed E-state index contributed by atoms with van der Waals surface area (Å²) in [5.74, 6) is -0.855. The van der Waals surface area contributed by atoms with Crippen molar-refractivity contribution in [2.45, 2.75) is 22.0 Å². The van der Waals surface area contributed by atoms with Gasteiger partial charge in [-0.25, -0.2) is 0 Å². The van der Waals surface area contributed by atoms with E-state index >= 15 is 0 Å². The molecule has 1 aliphatic heterocycles. The Morgan fingerprint density at radius 2 is 1.32 bits per heavy atom. The Kier molecular flexibility index (Phi) is 5.61. The van der Waals surface area contributed by atoms with Crippen LogP contribution in [0.3, 0.4) is 0 Å². The molecule has 9 heteroatoms. The van der Waals surface area contributed by atoms with E-state index in [4.69, 9.17) is 8.47 Å². The topological polar surface area (TPSA) is 122 Å². The minimum atomic E-state index is -5.01. The largest absolute Gasteiger partial charge is 0.455 e. The lowest BCUT2D eigenvalue weighted by atomic mass is 10.1. The standard InChI is InChI=1S/C22H17ClO7S/c1-15(24)22(21(25)16-9-3-2-4-10-16)31(30-23(26,27)28)19-13-7-5-11-17(19)29-18-12-6-8-14-20(18)31/h2-14,22H,1H3. The van der Waals surface area contributed by atoms with Gasteiger partial charge in [0.25, 0.3) is 0 Å². The Morgan fingerprint density at radius 1 is 0.839 bits per heavy atom. The highest BCUT2D eigenvalue weighted by atomic mass is 35.7. The summed E-state index contributed by atoms with van der Waals surface area (Å²) in [6.07, 6.45) is 0. The first-order chi connectivity index (χ1) is 14.7. The summed E-state index contributed by atoms with van der Waals surface area (Å²) >= 11 is 0. The van der Waals surface area contributed by atoms with Gasteiger partial charge in [0.15, 0.2) is 16.8 Å². The average Bonchev–Trinajstić information content (AvgIpc) is 2.73. The van der Waals surface area contributed by atoms with Crippen molar-refractivity contribution in [2.24, 2.45) is 0 Å². The highest BCUT2D eigenvalue weighted by molar-refractivity contribution is 8.31. The second kappa shape index (κ2) is 8.08. The molecule has 0 bridgehead atoms. The van der Waals surface area contributed by atoms with Crippen LogP contribution in [0.15, 0.2) is 88.7 Å². The number of hydrogen-bond acceptors (Lipinski definition) is 7. The number of fused-ring (bicyclic) bond motifs is 2. The van der Waals surface area contributed by atoms with E-state index in [1.165, 1.54) is 31.2 Å². The lowest BCUT2D eigenvalue weighted by molar-refractivity contribution is -1.91. The zero-order valence-corrected chi connectivity index (χ0v) is 17.8. The fourth-order valence-electron chi connectivity index (χ4n) is 3.61. The van der Waals surface area contributed by atoms with Gasteiger partial charge < -0.3 is 4.74 Å². The SMILES string of the molecule is CC(=O)C(C(=O)c1ccccc1)S1(O[Cl+3]([O-])([O-])[O-])c2ccccc2Oc2ccccc21. The molecule has 7 nitrogen and oxygen atoms in total. The van der Waals surface area contributed by atoms with Gasteiger partial charge in [0.1, 0.15) is 15.2 Å². The molecule has 1 atom stereocenters. The maximum atomic E-state index is 13.6. The number of para-hydroxylation sites is 2. The Balaban J connectivity index is 2.07. The highest BCUT2D eigenvalue weighted by Crippen LogP contribution is 2.74. The van der Waals surface area contributed by atoms with Crippen molar-refractivity contribution in [3.63, 3.8) is 0 Å². The number of rotatable bonds is 6. The summed E-state index contributed by atoms with van der Waals surface area (Å²) in [7, 11) is -8.51. The minimum absolute atomic E-state index is 0.171. The quantitative estimate of drug-likeness (QED) is 0.405. The minimum Gasteiger partial charge on any atom is -0.455 e. The van der Waals surface area contributed by atoms with E-state index in [1.807, 2.05) is 0 Å². The van der Waals surface area contributed by atoms with Gasteiger partial charge in [-0.2, -0.15) is 14.0 Å². The summed E-state index contributed by atoms with van der Waals surface area (Å²) in [6, 6.07) is 20.7. The molecule has 0 spiro atoms. The van der Waals surface area contributed by atoms with E-state index in [9.17, 15) is 23.6 Å². The van der Waals surface area contributed by atoms with Crippen LogP contribution in [-0.4, -0.2) is 16.8 Å². The first-order valence-corrected chi connectivity index (χ1v) is 12.0. The van der Waals surface area contributed by atoms with Crippen LogP contribution in [0.1, 0.15) is 17.3 Å². The van der Waals surface area contributed by atoms with Crippen LogP contribution < -0.4 is 18.7 Å². The van der Waals surface area contributed by atoms with E-state index in [0.717, 1.165) is 0 Å². The molecule has 0 fully saturated rings. The molecular formula is C22H17ClO7S. The first-order valence-electron chi connectivity index (χ1n) is 9.14. The zero-order valence-electron chi connectivity index (χ0n) is 16.2. The van der Waals surface area contributed by atoms with E-state index in [1.54, 1.807) is 54.6 Å². The van der Waals surface area contributed by atoms with E-state index < -0.39 is 37.4 Å². The third kappa shape index (κ3) is 3.85. The van der Waals surface area contributed by atoms with Crippen LogP contribution in [0.5, 0.6) is 11.5 Å². The molecule has 1 aliphatic rings. The molecule has 4 rings (SSSR count). The molecule has 1 heterocycles. The van der Waals surface area contributed by atoms with Gasteiger partial charge in [0.2, 0.25) is 0 Å². The molecule has 0 aliphatic carbocycles. The molecule has 1 unspecified atom stereocenters. The van der Waals surface area contributed by atoms with Crippen molar-refractivity contribution >= 4 is 21.9 Å². The van der Waals surface area contributed by atoms with Crippen molar-refractivity contribution in [1.82, 2.24) is 0 Å². The van der Waals surface area contributed by atoms with Crippen molar-refractivity contribution in [3.8, 4) is 11.5 Å². The number of ether oxygens (including phenoxy) is 1. The molecule has 0 radical (unpaired) electrons. The third-order valence-corrected chi connectivity index (χ3v) is 9.35. The fraction of sp³-hybridized carbons (Fsp3) is 0.0909. The lowest BCUT2D eigenvalue weighted by Crippen LogP contribution is -2.62. The second-order valence-electron chi connectivity index (χ2n) is 6.76. The van der Waals surface area contributed by atoms with Gasteiger partial charge in [-0.15, -0.1) is 0 Å². The van der Waals surface area contributed by atoms with Crippen LogP contribution in [-0.2, 0) is 8.53 Å². The maximum Gasteiger partial charge on any atom is 0.185 e. The maximum absolute atomic E-state index is 13.6. The Bertz CT molecular complexity index is 1100. The van der Waals surface area contributed by atoms with Crippen molar-refractivity contribution in [2.75, 3.05) is 0 Å². The van der Waals surface area contributed by atoms with Crippen LogP contribution in [0.2, 0.25) is 0 Å². The fourth-order valence-corrected chi connectivity index (χ4v) is 8.45. The first kappa shape index (κ1) is 21.5. The smallest absolute Gasteiger partial charge is 0.185 e.